The second kappa shape index (κ2) is 6.07. The fourth-order valence-corrected chi connectivity index (χ4v) is 2.64. The maximum Gasteiger partial charge on any atom is 0.161 e. The smallest absolute Gasteiger partial charge is 0.161 e. The Morgan fingerprint density at radius 3 is 2.61 bits per heavy atom. The summed E-state index contributed by atoms with van der Waals surface area (Å²) < 4.78 is 10.6. The lowest BCUT2D eigenvalue weighted by Gasteiger charge is -2.24. The molecule has 0 aromatic heterocycles. The Hall–Kier alpha value is -1.26. The standard InChI is InChI=1S/C14H22N2O2/c1-15-14(11-5-4-8-16-11)10-6-7-12(17-2)13(9-10)18-3/h6-7,9,11,14-16H,4-5,8H2,1-3H3. The third-order valence-corrected chi connectivity index (χ3v) is 3.58. The largest absolute Gasteiger partial charge is 0.493 e. The van der Waals surface area contributed by atoms with E-state index in [4.69, 9.17) is 9.47 Å². The van der Waals surface area contributed by atoms with E-state index in [2.05, 4.69) is 22.8 Å². The highest BCUT2D eigenvalue weighted by atomic mass is 16.5. The van der Waals surface area contributed by atoms with Crippen LogP contribution in [0.25, 0.3) is 0 Å². The van der Waals surface area contributed by atoms with Crippen molar-refractivity contribution in [1.29, 1.82) is 0 Å². The third-order valence-electron chi connectivity index (χ3n) is 3.58. The van der Waals surface area contributed by atoms with Gasteiger partial charge in [-0.2, -0.15) is 0 Å². The Kier molecular flexibility index (Phi) is 4.44. The molecule has 2 atom stereocenters. The van der Waals surface area contributed by atoms with Gasteiger partial charge in [-0.05, 0) is 44.1 Å². The molecule has 2 unspecified atom stereocenters. The van der Waals surface area contributed by atoms with E-state index in [9.17, 15) is 0 Å². The van der Waals surface area contributed by atoms with Crippen LogP contribution in [0.1, 0.15) is 24.4 Å². The first-order valence-corrected chi connectivity index (χ1v) is 6.42. The Labute approximate surface area is 109 Å². The summed E-state index contributed by atoms with van der Waals surface area (Å²) in [5.74, 6) is 1.56. The molecule has 0 bridgehead atoms. The van der Waals surface area contributed by atoms with Crippen molar-refractivity contribution < 1.29 is 9.47 Å². The number of rotatable bonds is 5. The van der Waals surface area contributed by atoms with Crippen molar-refractivity contribution in [1.82, 2.24) is 10.6 Å². The molecule has 0 amide bonds. The number of methoxy groups -OCH3 is 2. The molecule has 1 aromatic rings. The lowest BCUT2D eigenvalue weighted by Crippen LogP contribution is -2.36. The lowest BCUT2D eigenvalue weighted by molar-refractivity contribution is 0.352. The summed E-state index contributed by atoms with van der Waals surface area (Å²) in [6, 6.07) is 6.93. The highest BCUT2D eigenvalue weighted by Gasteiger charge is 2.25. The summed E-state index contributed by atoms with van der Waals surface area (Å²) >= 11 is 0. The van der Waals surface area contributed by atoms with Crippen LogP contribution in [0.4, 0.5) is 0 Å². The van der Waals surface area contributed by atoms with E-state index in [0.29, 0.717) is 12.1 Å². The quantitative estimate of drug-likeness (QED) is 0.835. The second-order valence-electron chi connectivity index (χ2n) is 4.58. The molecule has 4 nitrogen and oxygen atoms in total. The zero-order valence-corrected chi connectivity index (χ0v) is 11.3. The molecule has 4 heteroatoms. The molecule has 1 heterocycles. The Morgan fingerprint density at radius 2 is 2.06 bits per heavy atom. The van der Waals surface area contributed by atoms with Gasteiger partial charge in [-0.15, -0.1) is 0 Å². The predicted octanol–water partition coefficient (Wildman–Crippen LogP) is 1.72. The average molecular weight is 250 g/mol. The summed E-state index contributed by atoms with van der Waals surface area (Å²) in [6.45, 7) is 1.11. The van der Waals surface area contributed by atoms with E-state index >= 15 is 0 Å². The van der Waals surface area contributed by atoms with Crippen LogP contribution in [0.5, 0.6) is 11.5 Å². The van der Waals surface area contributed by atoms with Gasteiger partial charge in [0.05, 0.1) is 14.2 Å². The monoisotopic (exact) mass is 250 g/mol. The molecule has 0 radical (unpaired) electrons. The van der Waals surface area contributed by atoms with Gasteiger partial charge in [0.15, 0.2) is 11.5 Å². The molecular weight excluding hydrogens is 228 g/mol. The summed E-state index contributed by atoms with van der Waals surface area (Å²) in [7, 11) is 5.33. The van der Waals surface area contributed by atoms with Crippen molar-refractivity contribution in [3.63, 3.8) is 0 Å². The zero-order valence-electron chi connectivity index (χ0n) is 11.3. The van der Waals surface area contributed by atoms with Gasteiger partial charge in [-0.1, -0.05) is 6.07 Å². The molecule has 2 N–H and O–H groups in total. The van der Waals surface area contributed by atoms with Crippen molar-refractivity contribution in [2.45, 2.75) is 24.9 Å². The molecule has 1 saturated heterocycles. The van der Waals surface area contributed by atoms with Crippen molar-refractivity contribution in [3.8, 4) is 11.5 Å². The highest BCUT2D eigenvalue weighted by molar-refractivity contribution is 5.44. The number of hydrogen-bond donors (Lipinski definition) is 2. The SMILES string of the molecule is CNC(c1ccc(OC)c(OC)c1)C1CCCN1. The number of hydrogen-bond acceptors (Lipinski definition) is 4. The fraction of sp³-hybridized carbons (Fsp3) is 0.571. The Bertz CT molecular complexity index is 389. The van der Waals surface area contributed by atoms with Crippen molar-refractivity contribution in [2.24, 2.45) is 0 Å². The van der Waals surface area contributed by atoms with E-state index in [-0.39, 0.29) is 0 Å². The van der Waals surface area contributed by atoms with Crippen molar-refractivity contribution >= 4 is 0 Å². The number of nitrogens with one attached hydrogen (secondary N) is 2. The van der Waals surface area contributed by atoms with E-state index in [1.807, 2.05) is 13.1 Å². The topological polar surface area (TPSA) is 42.5 Å². The maximum atomic E-state index is 5.36. The van der Waals surface area contributed by atoms with Crippen LogP contribution >= 0.6 is 0 Å². The van der Waals surface area contributed by atoms with E-state index in [1.54, 1.807) is 14.2 Å². The first-order valence-electron chi connectivity index (χ1n) is 6.42. The van der Waals surface area contributed by atoms with Gasteiger partial charge >= 0.3 is 0 Å². The molecule has 1 aliphatic heterocycles. The highest BCUT2D eigenvalue weighted by Crippen LogP contribution is 2.32. The summed E-state index contributed by atoms with van der Waals surface area (Å²) in [5, 5.41) is 6.93. The number of ether oxygens (including phenoxy) is 2. The van der Waals surface area contributed by atoms with Crippen LogP contribution in [0, 0.1) is 0 Å². The summed E-state index contributed by atoms with van der Waals surface area (Å²) in [6.07, 6.45) is 2.45. The van der Waals surface area contributed by atoms with Gasteiger partial charge in [-0.25, -0.2) is 0 Å². The van der Waals surface area contributed by atoms with Gasteiger partial charge in [-0.3, -0.25) is 0 Å². The van der Waals surface area contributed by atoms with Crippen molar-refractivity contribution in [2.75, 3.05) is 27.8 Å². The molecule has 0 saturated carbocycles. The van der Waals surface area contributed by atoms with Crippen LogP contribution in [-0.2, 0) is 0 Å². The Balaban J connectivity index is 2.24. The first kappa shape index (κ1) is 13.2. The fourth-order valence-electron chi connectivity index (χ4n) is 2.64. The summed E-state index contributed by atoms with van der Waals surface area (Å²) in [4.78, 5) is 0. The van der Waals surface area contributed by atoms with Gasteiger partial charge < -0.3 is 20.1 Å². The molecule has 1 aromatic carbocycles. The predicted molar refractivity (Wildman–Crippen MR) is 72.4 cm³/mol. The van der Waals surface area contributed by atoms with Crippen LogP contribution in [0.2, 0.25) is 0 Å². The Morgan fingerprint density at radius 1 is 1.28 bits per heavy atom. The molecule has 1 aliphatic rings. The van der Waals surface area contributed by atoms with Crippen molar-refractivity contribution in [3.05, 3.63) is 23.8 Å². The molecule has 100 valence electrons. The normalized spacial score (nSPS) is 20.7. The van der Waals surface area contributed by atoms with Crippen LogP contribution in [0.15, 0.2) is 18.2 Å². The molecule has 1 fully saturated rings. The average Bonchev–Trinajstić information content (AvgIpc) is 2.93. The van der Waals surface area contributed by atoms with E-state index in [1.165, 1.54) is 18.4 Å². The minimum absolute atomic E-state index is 0.312. The van der Waals surface area contributed by atoms with Crippen LogP contribution in [-0.4, -0.2) is 33.9 Å². The van der Waals surface area contributed by atoms with E-state index < -0.39 is 0 Å². The van der Waals surface area contributed by atoms with Gasteiger partial charge in [0.2, 0.25) is 0 Å². The summed E-state index contributed by atoms with van der Waals surface area (Å²) in [5.41, 5.74) is 1.23. The van der Waals surface area contributed by atoms with E-state index in [0.717, 1.165) is 18.0 Å². The first-order chi connectivity index (χ1) is 8.80. The molecular formula is C14H22N2O2. The molecule has 0 spiro atoms. The molecule has 0 aliphatic carbocycles. The van der Waals surface area contributed by atoms with Crippen LogP contribution < -0.4 is 20.1 Å². The second-order valence-corrected chi connectivity index (χ2v) is 4.58. The number of likely N-dealkylation sites (N-methyl/N-ethyl adjacent to an activating group) is 1. The molecule has 2 rings (SSSR count). The van der Waals surface area contributed by atoms with Crippen LogP contribution in [0.3, 0.4) is 0 Å². The lowest BCUT2D eigenvalue weighted by atomic mass is 9.98. The third kappa shape index (κ3) is 2.60. The minimum Gasteiger partial charge on any atom is -0.493 e. The number of benzene rings is 1. The van der Waals surface area contributed by atoms with Gasteiger partial charge in [0.1, 0.15) is 0 Å². The molecule has 18 heavy (non-hydrogen) atoms. The minimum atomic E-state index is 0.312. The zero-order chi connectivity index (χ0) is 13.0. The van der Waals surface area contributed by atoms with Gasteiger partial charge in [0.25, 0.3) is 0 Å². The van der Waals surface area contributed by atoms with Gasteiger partial charge in [0, 0.05) is 12.1 Å². The maximum absolute atomic E-state index is 5.36.